The van der Waals surface area contributed by atoms with Crippen LogP contribution in [-0.2, 0) is 4.74 Å². The molecule has 0 aliphatic carbocycles. The molecule has 1 aromatic heterocycles. The lowest BCUT2D eigenvalue weighted by molar-refractivity contribution is 0.0983. The zero-order valence-electron chi connectivity index (χ0n) is 15.0. The fourth-order valence-corrected chi connectivity index (χ4v) is 2.87. The summed E-state index contributed by atoms with van der Waals surface area (Å²) in [4.78, 5) is 18.0. The molecule has 8 heteroatoms. The number of methoxy groups -OCH3 is 1. The van der Waals surface area contributed by atoms with Gasteiger partial charge < -0.3 is 19.7 Å². The number of benzene rings is 1. The zero-order valence-corrected chi connectivity index (χ0v) is 15.0. The summed E-state index contributed by atoms with van der Waals surface area (Å²) >= 11 is 0. The molecule has 0 bridgehead atoms. The monoisotopic (exact) mass is 357 g/mol. The number of anilines is 1. The number of ether oxygens (including phenoxy) is 2. The molecule has 8 nitrogen and oxygen atoms in total. The van der Waals surface area contributed by atoms with Crippen LogP contribution in [0.25, 0.3) is 11.3 Å². The predicted molar refractivity (Wildman–Crippen MR) is 97.1 cm³/mol. The van der Waals surface area contributed by atoms with Crippen molar-refractivity contribution in [2.75, 3.05) is 32.1 Å². The van der Waals surface area contributed by atoms with E-state index >= 15 is 0 Å². The first-order valence-corrected chi connectivity index (χ1v) is 8.72. The van der Waals surface area contributed by atoms with E-state index < -0.39 is 0 Å². The van der Waals surface area contributed by atoms with Crippen molar-refractivity contribution in [1.82, 2.24) is 20.1 Å². The Hall–Kier alpha value is -2.90. The number of nitrogens with one attached hydrogen (secondary N) is 1. The number of hydrogen-bond donors (Lipinski definition) is 1. The summed E-state index contributed by atoms with van der Waals surface area (Å²) in [7, 11) is 1.64. The minimum absolute atomic E-state index is 0.202. The van der Waals surface area contributed by atoms with Gasteiger partial charge in [-0.1, -0.05) is 0 Å². The van der Waals surface area contributed by atoms with Crippen molar-refractivity contribution in [2.45, 2.75) is 25.8 Å². The molecule has 1 aromatic carbocycles. The zero-order chi connectivity index (χ0) is 18.4. The first kappa shape index (κ1) is 17.9. The maximum atomic E-state index is 11.8. The number of hydrogen-bond acceptors (Lipinski definition) is 7. The molecule has 1 amide bonds. The molecule has 26 heavy (non-hydrogen) atoms. The predicted octanol–water partition coefficient (Wildman–Crippen LogP) is 2.58. The van der Waals surface area contributed by atoms with Crippen LogP contribution >= 0.6 is 0 Å². The molecule has 2 heterocycles. The van der Waals surface area contributed by atoms with E-state index in [1.165, 1.54) is 0 Å². The number of nitrogens with zero attached hydrogens (tertiary/aromatic N) is 4. The Bertz CT molecular complexity index is 730. The van der Waals surface area contributed by atoms with Crippen LogP contribution in [0.3, 0.4) is 0 Å². The van der Waals surface area contributed by atoms with Gasteiger partial charge in [0.05, 0.1) is 25.6 Å². The van der Waals surface area contributed by atoms with Crippen molar-refractivity contribution in [2.24, 2.45) is 0 Å². The lowest BCUT2D eigenvalue weighted by atomic mass is 10.1. The third-order valence-electron chi connectivity index (χ3n) is 4.30. The van der Waals surface area contributed by atoms with E-state index in [1.54, 1.807) is 18.2 Å². The van der Waals surface area contributed by atoms with Gasteiger partial charge in [0.25, 0.3) is 0 Å². The van der Waals surface area contributed by atoms with Crippen molar-refractivity contribution in [3.8, 4) is 17.0 Å². The van der Waals surface area contributed by atoms with Gasteiger partial charge in [-0.15, -0.1) is 5.10 Å². The summed E-state index contributed by atoms with van der Waals surface area (Å²) in [6.45, 7) is 3.52. The van der Waals surface area contributed by atoms with Gasteiger partial charge in [0.1, 0.15) is 5.75 Å². The summed E-state index contributed by atoms with van der Waals surface area (Å²) in [5.74, 6) is 1.29. The second kappa shape index (κ2) is 8.46. The van der Waals surface area contributed by atoms with Crippen LogP contribution in [0, 0.1) is 0 Å². The second-order valence-electron chi connectivity index (χ2n) is 6.00. The molecule has 1 aliphatic rings. The smallest absolute Gasteiger partial charge is 0.409 e. The van der Waals surface area contributed by atoms with Crippen LogP contribution in [0.5, 0.6) is 5.75 Å². The molecule has 3 rings (SSSR count). The Morgan fingerprint density at radius 2 is 2.00 bits per heavy atom. The number of amides is 1. The Morgan fingerprint density at radius 3 is 2.65 bits per heavy atom. The molecule has 1 saturated heterocycles. The van der Waals surface area contributed by atoms with Crippen molar-refractivity contribution in [3.05, 3.63) is 30.5 Å². The summed E-state index contributed by atoms with van der Waals surface area (Å²) in [6.07, 6.45) is 3.02. The fourth-order valence-electron chi connectivity index (χ4n) is 2.87. The maximum Gasteiger partial charge on any atom is 0.409 e. The average molecular weight is 357 g/mol. The first-order valence-electron chi connectivity index (χ1n) is 8.72. The van der Waals surface area contributed by atoms with E-state index in [0.717, 1.165) is 29.8 Å². The van der Waals surface area contributed by atoms with Crippen LogP contribution < -0.4 is 10.1 Å². The van der Waals surface area contributed by atoms with E-state index in [-0.39, 0.29) is 12.1 Å². The fraction of sp³-hybridized carbons (Fsp3) is 0.444. The van der Waals surface area contributed by atoms with Gasteiger partial charge in [-0.2, -0.15) is 5.10 Å². The van der Waals surface area contributed by atoms with E-state index in [0.29, 0.717) is 25.6 Å². The van der Waals surface area contributed by atoms with E-state index in [2.05, 4.69) is 20.5 Å². The van der Waals surface area contributed by atoms with E-state index in [1.807, 2.05) is 31.2 Å². The third-order valence-corrected chi connectivity index (χ3v) is 4.30. The second-order valence-corrected chi connectivity index (χ2v) is 6.00. The molecular weight excluding hydrogens is 334 g/mol. The third kappa shape index (κ3) is 4.38. The number of aromatic nitrogens is 3. The normalized spacial score (nSPS) is 14.8. The number of carbonyl (C=O) groups is 1. The molecule has 0 unspecified atom stereocenters. The minimum Gasteiger partial charge on any atom is -0.497 e. The van der Waals surface area contributed by atoms with Gasteiger partial charge in [-0.05, 0) is 44.0 Å². The van der Waals surface area contributed by atoms with Crippen LogP contribution in [0.4, 0.5) is 10.7 Å². The highest BCUT2D eigenvalue weighted by Crippen LogP contribution is 2.21. The number of likely N-dealkylation sites (tertiary alicyclic amines) is 1. The van der Waals surface area contributed by atoms with Gasteiger partial charge in [0, 0.05) is 24.7 Å². The van der Waals surface area contributed by atoms with Crippen molar-refractivity contribution in [3.63, 3.8) is 0 Å². The first-order chi connectivity index (χ1) is 12.7. The Balaban J connectivity index is 1.60. The van der Waals surface area contributed by atoms with Gasteiger partial charge in [-0.25, -0.2) is 9.78 Å². The Morgan fingerprint density at radius 1 is 1.27 bits per heavy atom. The highest BCUT2D eigenvalue weighted by Gasteiger charge is 2.24. The number of piperidine rings is 1. The molecule has 2 aromatic rings. The summed E-state index contributed by atoms with van der Waals surface area (Å²) in [5, 5.41) is 11.4. The molecule has 1 aliphatic heterocycles. The van der Waals surface area contributed by atoms with Gasteiger partial charge in [-0.3, -0.25) is 0 Å². The van der Waals surface area contributed by atoms with Gasteiger partial charge in [0.15, 0.2) is 0 Å². The van der Waals surface area contributed by atoms with Crippen molar-refractivity contribution >= 4 is 12.0 Å². The van der Waals surface area contributed by atoms with Crippen LogP contribution in [-0.4, -0.2) is 59.0 Å². The summed E-state index contributed by atoms with van der Waals surface area (Å²) < 4.78 is 10.2. The number of carbonyl (C=O) groups excluding carboxylic acids is 1. The Labute approximate surface area is 152 Å². The molecule has 0 radical (unpaired) electrons. The molecule has 0 spiro atoms. The lowest BCUT2D eigenvalue weighted by Crippen LogP contribution is -2.42. The molecule has 1 fully saturated rings. The van der Waals surface area contributed by atoms with Crippen LogP contribution in [0.15, 0.2) is 30.5 Å². The van der Waals surface area contributed by atoms with E-state index in [9.17, 15) is 4.79 Å². The highest BCUT2D eigenvalue weighted by molar-refractivity contribution is 5.67. The molecule has 0 atom stereocenters. The highest BCUT2D eigenvalue weighted by atomic mass is 16.6. The van der Waals surface area contributed by atoms with Crippen LogP contribution in [0.1, 0.15) is 19.8 Å². The summed E-state index contributed by atoms with van der Waals surface area (Å²) in [5.41, 5.74) is 1.69. The summed E-state index contributed by atoms with van der Waals surface area (Å²) in [6, 6.07) is 7.84. The molecule has 1 N–H and O–H groups in total. The van der Waals surface area contributed by atoms with E-state index in [4.69, 9.17) is 9.47 Å². The largest absolute Gasteiger partial charge is 0.497 e. The molecule has 138 valence electrons. The van der Waals surface area contributed by atoms with Crippen LogP contribution in [0.2, 0.25) is 0 Å². The standard InChI is InChI=1S/C18H23N5O3/c1-3-26-18(24)23-10-8-14(9-11-23)20-17-21-16(12-19-22-17)13-4-6-15(25-2)7-5-13/h4-7,12,14H,3,8-11H2,1-2H3,(H,20,21,22). The molecular formula is C18H23N5O3. The van der Waals surface area contributed by atoms with Gasteiger partial charge >= 0.3 is 6.09 Å². The number of rotatable bonds is 5. The molecule has 0 saturated carbocycles. The Kier molecular flexibility index (Phi) is 5.83. The lowest BCUT2D eigenvalue weighted by Gasteiger charge is -2.31. The van der Waals surface area contributed by atoms with Crippen molar-refractivity contribution < 1.29 is 14.3 Å². The van der Waals surface area contributed by atoms with Crippen molar-refractivity contribution in [1.29, 1.82) is 0 Å². The minimum atomic E-state index is -0.245. The van der Waals surface area contributed by atoms with Gasteiger partial charge in [0.2, 0.25) is 5.95 Å². The topological polar surface area (TPSA) is 89.5 Å². The SMILES string of the molecule is CCOC(=O)N1CCC(Nc2nncc(-c3ccc(OC)cc3)n2)CC1. The maximum absolute atomic E-state index is 11.8. The quantitative estimate of drug-likeness (QED) is 0.879. The average Bonchev–Trinajstić information content (AvgIpc) is 2.69.